The van der Waals surface area contributed by atoms with Gasteiger partial charge in [0.1, 0.15) is 0 Å². The topological polar surface area (TPSA) is 55.5 Å². The number of rotatable bonds is 6. The molecular weight excluding hydrogens is 314 g/mol. The van der Waals surface area contributed by atoms with Gasteiger partial charge in [0.25, 0.3) is 0 Å². The van der Waals surface area contributed by atoms with Crippen LogP contribution in [-0.4, -0.2) is 32.2 Å². The lowest BCUT2D eigenvalue weighted by molar-refractivity contribution is 0.125. The number of benzene rings is 1. The van der Waals surface area contributed by atoms with Gasteiger partial charge in [0.2, 0.25) is 8.32 Å². The third-order valence-corrected chi connectivity index (χ3v) is 10.5. The van der Waals surface area contributed by atoms with Crippen LogP contribution in [0.1, 0.15) is 34.1 Å². The molecule has 0 radical (unpaired) electrons. The monoisotopic (exact) mass is 345 g/mol. The summed E-state index contributed by atoms with van der Waals surface area (Å²) < 4.78 is 6.71. The van der Waals surface area contributed by atoms with Crippen LogP contribution >= 0.6 is 0 Å². The highest BCUT2D eigenvalue weighted by Gasteiger charge is 2.53. The zero-order chi connectivity index (χ0) is 17.8. The minimum atomic E-state index is -2.41. The molecule has 132 valence electrons. The molecule has 0 saturated carbocycles. The van der Waals surface area contributed by atoms with E-state index in [0.717, 1.165) is 6.42 Å². The molecule has 1 aromatic carbocycles. The number of aliphatic hydroxyl groups is 1. The summed E-state index contributed by atoms with van der Waals surface area (Å²) in [7, 11) is -2.41. The molecule has 1 aromatic rings. The van der Waals surface area contributed by atoms with E-state index in [1.165, 1.54) is 5.19 Å². The van der Waals surface area contributed by atoms with Crippen LogP contribution in [0.4, 0.5) is 0 Å². The van der Waals surface area contributed by atoms with E-state index in [1.807, 2.05) is 6.07 Å². The van der Waals surface area contributed by atoms with Gasteiger partial charge in [-0.25, -0.2) is 0 Å². The van der Waals surface area contributed by atoms with Crippen molar-refractivity contribution in [2.45, 2.75) is 56.8 Å². The van der Waals surface area contributed by atoms with E-state index >= 15 is 0 Å². The SMILES string of the molecule is C[C@@H](O)[C@@H](N)CO[Si](c1ccccc1)(C1C=CC=CC1)C(C)(C)C. The first-order valence-electron chi connectivity index (χ1n) is 8.75. The smallest absolute Gasteiger partial charge is 0.236 e. The second-order valence-electron chi connectivity index (χ2n) is 7.72. The molecule has 1 aliphatic carbocycles. The molecule has 0 amide bonds. The Morgan fingerprint density at radius 2 is 1.92 bits per heavy atom. The van der Waals surface area contributed by atoms with Crippen LogP contribution in [0.15, 0.2) is 54.6 Å². The van der Waals surface area contributed by atoms with E-state index < -0.39 is 14.4 Å². The van der Waals surface area contributed by atoms with Crippen molar-refractivity contribution < 1.29 is 9.53 Å². The summed E-state index contributed by atoms with van der Waals surface area (Å²) in [5, 5.41) is 11.1. The van der Waals surface area contributed by atoms with Crippen LogP contribution in [0.2, 0.25) is 10.6 Å². The maximum Gasteiger partial charge on any atom is 0.236 e. The molecule has 3 nitrogen and oxygen atoms in total. The van der Waals surface area contributed by atoms with Gasteiger partial charge in [-0.05, 0) is 23.6 Å². The summed E-state index contributed by atoms with van der Waals surface area (Å²) in [5.74, 6) is 0. The minimum absolute atomic E-state index is 0.00699. The van der Waals surface area contributed by atoms with Gasteiger partial charge >= 0.3 is 0 Å². The number of nitrogens with two attached hydrogens (primary N) is 1. The van der Waals surface area contributed by atoms with Crippen LogP contribution < -0.4 is 10.9 Å². The van der Waals surface area contributed by atoms with Gasteiger partial charge in [-0.3, -0.25) is 0 Å². The normalized spacial score (nSPS) is 22.8. The van der Waals surface area contributed by atoms with E-state index in [2.05, 4.69) is 69.3 Å². The van der Waals surface area contributed by atoms with E-state index in [9.17, 15) is 5.11 Å². The van der Waals surface area contributed by atoms with E-state index in [-0.39, 0.29) is 11.1 Å². The highest BCUT2D eigenvalue weighted by atomic mass is 28.4. The van der Waals surface area contributed by atoms with Crippen LogP contribution in [0.3, 0.4) is 0 Å². The van der Waals surface area contributed by atoms with Crippen molar-refractivity contribution in [3.8, 4) is 0 Å². The Labute approximate surface area is 147 Å². The summed E-state index contributed by atoms with van der Waals surface area (Å²) in [6.07, 6.45) is 9.15. The average Bonchev–Trinajstić information content (AvgIpc) is 2.56. The summed E-state index contributed by atoms with van der Waals surface area (Å²) in [4.78, 5) is 0. The number of aliphatic hydroxyl groups excluding tert-OH is 1. The maximum atomic E-state index is 9.79. The van der Waals surface area contributed by atoms with E-state index in [4.69, 9.17) is 10.2 Å². The van der Waals surface area contributed by atoms with Crippen molar-refractivity contribution in [2.24, 2.45) is 5.73 Å². The van der Waals surface area contributed by atoms with Crippen molar-refractivity contribution >= 4 is 13.5 Å². The van der Waals surface area contributed by atoms with E-state index in [0.29, 0.717) is 12.1 Å². The molecule has 0 bridgehead atoms. The molecule has 2 unspecified atom stereocenters. The summed E-state index contributed by atoms with van der Waals surface area (Å²) in [6.45, 7) is 8.91. The molecule has 0 fully saturated rings. The number of hydrogen-bond acceptors (Lipinski definition) is 3. The van der Waals surface area contributed by atoms with Gasteiger partial charge in [-0.15, -0.1) is 0 Å². The Balaban J connectivity index is 2.48. The van der Waals surface area contributed by atoms with Gasteiger partial charge in [0.05, 0.1) is 18.8 Å². The fraction of sp³-hybridized carbons (Fsp3) is 0.500. The molecule has 2 rings (SSSR count). The van der Waals surface area contributed by atoms with Gasteiger partial charge < -0.3 is 15.3 Å². The molecule has 1 aliphatic rings. The first-order chi connectivity index (χ1) is 11.3. The van der Waals surface area contributed by atoms with E-state index in [1.54, 1.807) is 6.92 Å². The molecule has 0 heterocycles. The summed E-state index contributed by atoms with van der Waals surface area (Å²) >= 11 is 0. The first kappa shape index (κ1) is 19.1. The maximum absolute atomic E-state index is 9.79. The lowest BCUT2D eigenvalue weighted by Crippen LogP contribution is -2.62. The highest BCUT2D eigenvalue weighted by molar-refractivity contribution is 6.90. The first-order valence-corrected chi connectivity index (χ1v) is 10.7. The predicted molar refractivity (Wildman–Crippen MR) is 104 cm³/mol. The van der Waals surface area contributed by atoms with Crippen molar-refractivity contribution in [3.63, 3.8) is 0 Å². The Kier molecular flexibility index (Phi) is 6.20. The molecular formula is C20H31NO2Si. The van der Waals surface area contributed by atoms with Crippen molar-refractivity contribution in [3.05, 3.63) is 54.6 Å². The Morgan fingerprint density at radius 3 is 2.42 bits per heavy atom. The third-order valence-electron chi connectivity index (χ3n) is 4.94. The highest BCUT2D eigenvalue weighted by Crippen LogP contribution is 2.47. The molecule has 4 heteroatoms. The number of hydrogen-bond donors (Lipinski definition) is 2. The standard InChI is InChI=1S/C20H31NO2Si/c1-16(22)19(21)15-23-24(20(2,3)4,17-11-7-5-8-12-17)18-13-9-6-10-14-18/h5-13,16,18-19,22H,14-15,21H2,1-4H3/t16-,18?,19+,24?/m1/s1. The Bertz CT molecular complexity index is 577. The second-order valence-corrected chi connectivity index (χ2v) is 12.3. The molecule has 0 aliphatic heterocycles. The quantitative estimate of drug-likeness (QED) is 0.778. The fourth-order valence-corrected chi connectivity index (χ4v) is 8.76. The number of allylic oxidation sites excluding steroid dienone is 4. The molecule has 0 aromatic heterocycles. The van der Waals surface area contributed by atoms with Crippen molar-refractivity contribution in [2.75, 3.05) is 6.61 Å². The zero-order valence-corrected chi connectivity index (χ0v) is 16.3. The Morgan fingerprint density at radius 1 is 1.25 bits per heavy atom. The Hall–Kier alpha value is -1.20. The molecule has 4 atom stereocenters. The van der Waals surface area contributed by atoms with Crippen LogP contribution in [-0.2, 0) is 4.43 Å². The lowest BCUT2D eigenvalue weighted by atomic mass is 10.2. The van der Waals surface area contributed by atoms with Crippen LogP contribution in [0.25, 0.3) is 0 Å². The largest absolute Gasteiger partial charge is 0.410 e. The zero-order valence-electron chi connectivity index (χ0n) is 15.3. The fourth-order valence-electron chi connectivity index (χ4n) is 3.54. The van der Waals surface area contributed by atoms with Gasteiger partial charge in [-0.1, -0.05) is 75.4 Å². The van der Waals surface area contributed by atoms with Crippen LogP contribution in [0, 0.1) is 0 Å². The van der Waals surface area contributed by atoms with Gasteiger partial charge in [0, 0.05) is 5.54 Å². The second kappa shape index (κ2) is 7.79. The molecule has 0 spiro atoms. The van der Waals surface area contributed by atoms with Crippen LogP contribution in [0.5, 0.6) is 0 Å². The minimum Gasteiger partial charge on any atom is -0.410 e. The summed E-state index contributed by atoms with van der Waals surface area (Å²) in [5.41, 5.74) is 6.44. The average molecular weight is 346 g/mol. The molecule has 3 N–H and O–H groups in total. The molecule has 0 saturated heterocycles. The third kappa shape index (κ3) is 3.89. The lowest BCUT2D eigenvalue weighted by Gasteiger charge is -2.47. The van der Waals surface area contributed by atoms with Crippen molar-refractivity contribution in [1.82, 2.24) is 0 Å². The molecule has 24 heavy (non-hydrogen) atoms. The van der Waals surface area contributed by atoms with Crippen molar-refractivity contribution in [1.29, 1.82) is 0 Å². The summed E-state index contributed by atoms with van der Waals surface area (Å²) in [6, 6.07) is 10.2. The van der Waals surface area contributed by atoms with Gasteiger partial charge in [0.15, 0.2) is 0 Å². The van der Waals surface area contributed by atoms with Gasteiger partial charge in [-0.2, -0.15) is 0 Å². The predicted octanol–water partition coefficient (Wildman–Crippen LogP) is 3.25.